The van der Waals surface area contributed by atoms with Crippen molar-refractivity contribution in [2.75, 3.05) is 13.1 Å². The molecule has 0 radical (unpaired) electrons. The van der Waals surface area contributed by atoms with Crippen molar-refractivity contribution >= 4 is 5.91 Å². The fourth-order valence-corrected chi connectivity index (χ4v) is 3.21. The van der Waals surface area contributed by atoms with E-state index in [0.717, 1.165) is 25.9 Å². The Balaban J connectivity index is 1.78. The molecule has 2 fully saturated rings. The Morgan fingerprint density at radius 1 is 1.41 bits per heavy atom. The molecular weight excluding hydrogens is 212 g/mol. The van der Waals surface area contributed by atoms with Crippen LogP contribution in [0, 0.1) is 17.8 Å². The second kappa shape index (κ2) is 5.38. The number of carbonyl (C=O) groups excluding carboxylic acids is 1. The van der Waals surface area contributed by atoms with Crippen LogP contribution in [-0.4, -0.2) is 29.9 Å². The third kappa shape index (κ3) is 3.01. The van der Waals surface area contributed by atoms with Crippen LogP contribution in [0.25, 0.3) is 0 Å². The number of nitrogens with zero attached hydrogens (tertiary/aromatic N) is 1. The van der Waals surface area contributed by atoms with Crippen LogP contribution in [0.3, 0.4) is 0 Å². The largest absolute Gasteiger partial charge is 0.342 e. The van der Waals surface area contributed by atoms with E-state index in [1.165, 1.54) is 19.3 Å². The van der Waals surface area contributed by atoms with Gasteiger partial charge in [-0.1, -0.05) is 20.3 Å². The lowest BCUT2D eigenvalue weighted by atomic mass is 9.95. The molecular formula is C14H26N2O. The molecule has 1 aliphatic carbocycles. The molecule has 2 aliphatic rings. The number of rotatable bonds is 4. The van der Waals surface area contributed by atoms with Gasteiger partial charge in [0.1, 0.15) is 0 Å². The molecule has 3 heteroatoms. The Hall–Kier alpha value is -0.570. The molecule has 0 bridgehead atoms. The van der Waals surface area contributed by atoms with Crippen LogP contribution in [0.5, 0.6) is 0 Å². The van der Waals surface area contributed by atoms with Gasteiger partial charge < -0.3 is 10.6 Å². The van der Waals surface area contributed by atoms with Crippen molar-refractivity contribution in [3.05, 3.63) is 0 Å². The number of carbonyl (C=O) groups is 1. The first-order valence-electron chi connectivity index (χ1n) is 7.11. The Morgan fingerprint density at radius 3 is 2.71 bits per heavy atom. The van der Waals surface area contributed by atoms with Crippen LogP contribution >= 0.6 is 0 Å². The lowest BCUT2D eigenvalue weighted by molar-refractivity contribution is -0.127. The van der Waals surface area contributed by atoms with Gasteiger partial charge >= 0.3 is 0 Å². The Kier molecular flexibility index (Phi) is 4.08. The molecule has 3 atom stereocenters. The van der Waals surface area contributed by atoms with E-state index >= 15 is 0 Å². The summed E-state index contributed by atoms with van der Waals surface area (Å²) < 4.78 is 0. The maximum Gasteiger partial charge on any atom is 0.222 e. The zero-order valence-electron chi connectivity index (χ0n) is 11.2. The lowest BCUT2D eigenvalue weighted by Crippen LogP contribution is -2.31. The smallest absolute Gasteiger partial charge is 0.222 e. The molecule has 1 saturated heterocycles. The highest BCUT2D eigenvalue weighted by Gasteiger charge is 2.32. The first-order chi connectivity index (χ1) is 8.08. The van der Waals surface area contributed by atoms with Crippen molar-refractivity contribution in [2.24, 2.45) is 23.5 Å². The molecule has 2 rings (SSSR count). The average Bonchev–Trinajstić information content (AvgIpc) is 2.82. The summed E-state index contributed by atoms with van der Waals surface area (Å²) in [5.74, 6) is 2.20. The summed E-state index contributed by atoms with van der Waals surface area (Å²) >= 11 is 0. The molecule has 1 amide bonds. The Morgan fingerprint density at radius 2 is 2.18 bits per heavy atom. The molecule has 98 valence electrons. The molecule has 0 spiro atoms. The van der Waals surface area contributed by atoms with Crippen molar-refractivity contribution in [3.63, 3.8) is 0 Å². The molecule has 3 nitrogen and oxygen atoms in total. The van der Waals surface area contributed by atoms with Gasteiger partial charge in [0.25, 0.3) is 0 Å². The standard InChI is InChI=1S/C14H26N2O/c1-10(2)12-8-14(17)16(9-12)7-6-11-4-3-5-13(11)15/h10-13H,3-9,15H2,1-2H3. The van der Waals surface area contributed by atoms with Crippen LogP contribution in [0.2, 0.25) is 0 Å². The molecule has 1 aliphatic heterocycles. The van der Waals surface area contributed by atoms with Crippen LogP contribution in [0.15, 0.2) is 0 Å². The van der Waals surface area contributed by atoms with E-state index in [-0.39, 0.29) is 0 Å². The predicted octanol–water partition coefficient (Wildman–Crippen LogP) is 2.01. The highest BCUT2D eigenvalue weighted by atomic mass is 16.2. The summed E-state index contributed by atoms with van der Waals surface area (Å²) in [5, 5.41) is 0. The minimum Gasteiger partial charge on any atom is -0.342 e. The third-order valence-corrected chi connectivity index (χ3v) is 4.67. The fourth-order valence-electron chi connectivity index (χ4n) is 3.21. The van der Waals surface area contributed by atoms with Crippen LogP contribution in [-0.2, 0) is 4.79 Å². The van der Waals surface area contributed by atoms with Crippen LogP contribution in [0.4, 0.5) is 0 Å². The van der Waals surface area contributed by atoms with Gasteiger partial charge in [-0.05, 0) is 37.0 Å². The number of hydrogen-bond acceptors (Lipinski definition) is 2. The lowest BCUT2D eigenvalue weighted by Gasteiger charge is -2.21. The summed E-state index contributed by atoms with van der Waals surface area (Å²) in [5.41, 5.74) is 6.07. The van der Waals surface area contributed by atoms with Gasteiger partial charge in [-0.15, -0.1) is 0 Å². The molecule has 17 heavy (non-hydrogen) atoms. The number of likely N-dealkylation sites (tertiary alicyclic amines) is 1. The molecule has 1 saturated carbocycles. The van der Waals surface area contributed by atoms with Crippen LogP contribution in [0.1, 0.15) is 46.0 Å². The fraction of sp³-hybridized carbons (Fsp3) is 0.929. The summed E-state index contributed by atoms with van der Waals surface area (Å²) in [7, 11) is 0. The van der Waals surface area contributed by atoms with Gasteiger partial charge in [-0.3, -0.25) is 4.79 Å². The topological polar surface area (TPSA) is 46.3 Å². The van der Waals surface area contributed by atoms with E-state index in [0.29, 0.717) is 29.7 Å². The van der Waals surface area contributed by atoms with Crippen molar-refractivity contribution < 1.29 is 4.79 Å². The number of amides is 1. The summed E-state index contributed by atoms with van der Waals surface area (Å²) in [4.78, 5) is 13.9. The first kappa shape index (κ1) is 12.9. The summed E-state index contributed by atoms with van der Waals surface area (Å²) in [6, 6.07) is 0.383. The molecule has 0 aromatic carbocycles. The minimum absolute atomic E-state index is 0.357. The zero-order chi connectivity index (χ0) is 12.4. The minimum atomic E-state index is 0.357. The van der Waals surface area contributed by atoms with E-state index in [2.05, 4.69) is 18.7 Å². The molecule has 0 aromatic heterocycles. The van der Waals surface area contributed by atoms with Crippen LogP contribution < -0.4 is 5.73 Å². The highest BCUT2D eigenvalue weighted by molar-refractivity contribution is 5.78. The van der Waals surface area contributed by atoms with Gasteiger partial charge in [0.05, 0.1) is 0 Å². The van der Waals surface area contributed by atoms with E-state index in [9.17, 15) is 4.79 Å². The van der Waals surface area contributed by atoms with Crippen molar-refractivity contribution in [1.82, 2.24) is 4.90 Å². The second-order valence-corrected chi connectivity index (χ2v) is 6.19. The first-order valence-corrected chi connectivity index (χ1v) is 7.11. The molecule has 1 heterocycles. The van der Waals surface area contributed by atoms with Gasteiger partial charge in [0.15, 0.2) is 0 Å². The van der Waals surface area contributed by atoms with Gasteiger partial charge in [0, 0.05) is 25.6 Å². The van der Waals surface area contributed by atoms with Gasteiger partial charge in [0.2, 0.25) is 5.91 Å². The molecule has 2 N–H and O–H groups in total. The van der Waals surface area contributed by atoms with Gasteiger partial charge in [-0.2, -0.15) is 0 Å². The summed E-state index contributed by atoms with van der Waals surface area (Å²) in [6.07, 6.45) is 5.57. The predicted molar refractivity (Wildman–Crippen MR) is 69.5 cm³/mol. The Labute approximate surface area is 105 Å². The second-order valence-electron chi connectivity index (χ2n) is 6.19. The van der Waals surface area contributed by atoms with Crippen molar-refractivity contribution in [1.29, 1.82) is 0 Å². The SMILES string of the molecule is CC(C)C1CC(=O)N(CCC2CCCC2N)C1. The quantitative estimate of drug-likeness (QED) is 0.814. The van der Waals surface area contributed by atoms with Gasteiger partial charge in [-0.25, -0.2) is 0 Å². The van der Waals surface area contributed by atoms with Crippen molar-refractivity contribution in [3.8, 4) is 0 Å². The highest BCUT2D eigenvalue weighted by Crippen LogP contribution is 2.29. The Bertz CT molecular complexity index is 277. The van der Waals surface area contributed by atoms with E-state index in [1.807, 2.05) is 0 Å². The summed E-state index contributed by atoms with van der Waals surface area (Å²) in [6.45, 7) is 6.33. The number of hydrogen-bond donors (Lipinski definition) is 1. The maximum absolute atomic E-state index is 11.9. The maximum atomic E-state index is 11.9. The third-order valence-electron chi connectivity index (χ3n) is 4.67. The van der Waals surface area contributed by atoms with E-state index < -0.39 is 0 Å². The van der Waals surface area contributed by atoms with E-state index in [1.54, 1.807) is 0 Å². The van der Waals surface area contributed by atoms with Crippen molar-refractivity contribution in [2.45, 2.75) is 52.0 Å². The zero-order valence-corrected chi connectivity index (χ0v) is 11.2. The molecule has 0 aromatic rings. The monoisotopic (exact) mass is 238 g/mol. The number of nitrogens with two attached hydrogens (primary N) is 1. The van der Waals surface area contributed by atoms with E-state index in [4.69, 9.17) is 5.73 Å². The normalized spacial score (nSPS) is 34.0. The molecule has 3 unspecified atom stereocenters. The average molecular weight is 238 g/mol.